The van der Waals surface area contributed by atoms with Crippen molar-refractivity contribution < 1.29 is 4.79 Å². The number of aromatic nitrogens is 2. The fraction of sp³-hybridized carbons (Fsp3) is 0.190. The molecule has 2 heterocycles. The Bertz CT molecular complexity index is 977. The second kappa shape index (κ2) is 6.85. The Morgan fingerprint density at radius 3 is 2.81 bits per heavy atom. The molecule has 26 heavy (non-hydrogen) atoms. The number of rotatable bonds is 3. The summed E-state index contributed by atoms with van der Waals surface area (Å²) >= 11 is 0. The lowest BCUT2D eigenvalue weighted by molar-refractivity contribution is -0.126. The standard InChI is InChI=1S/C21H18N4O/c22-14-16-9-7-15(8-10-16)11-12-20(26)25-13-3-6-19(25)21-23-17-4-1-2-5-18(17)24-21/h1-2,4-5,7-12,19H,3,6,13H2,(H,23,24)/b12-11+. The molecule has 1 N–H and O–H groups in total. The maximum atomic E-state index is 12.7. The number of imidazole rings is 1. The first-order valence-corrected chi connectivity index (χ1v) is 8.68. The van der Waals surface area contributed by atoms with Crippen LogP contribution in [-0.4, -0.2) is 27.3 Å². The summed E-state index contributed by atoms with van der Waals surface area (Å²) in [6, 6.07) is 17.2. The predicted octanol–water partition coefficient (Wildman–Crippen LogP) is 3.81. The minimum Gasteiger partial charge on any atom is -0.340 e. The molecule has 5 heteroatoms. The Kier molecular flexibility index (Phi) is 4.24. The van der Waals surface area contributed by atoms with Gasteiger partial charge in [0.05, 0.1) is 28.7 Å². The third-order valence-corrected chi connectivity index (χ3v) is 4.72. The molecule has 128 valence electrons. The van der Waals surface area contributed by atoms with E-state index >= 15 is 0 Å². The summed E-state index contributed by atoms with van der Waals surface area (Å²) < 4.78 is 0. The van der Waals surface area contributed by atoms with Crippen LogP contribution in [0, 0.1) is 11.3 Å². The number of carbonyl (C=O) groups excluding carboxylic acids is 1. The average Bonchev–Trinajstić information content (AvgIpc) is 3.32. The number of nitrogens with zero attached hydrogens (tertiary/aromatic N) is 3. The first-order valence-electron chi connectivity index (χ1n) is 8.68. The van der Waals surface area contributed by atoms with Crippen molar-refractivity contribution in [2.24, 2.45) is 0 Å². The van der Waals surface area contributed by atoms with E-state index in [-0.39, 0.29) is 11.9 Å². The monoisotopic (exact) mass is 342 g/mol. The van der Waals surface area contributed by atoms with Gasteiger partial charge < -0.3 is 9.88 Å². The zero-order valence-electron chi connectivity index (χ0n) is 14.2. The molecule has 0 spiro atoms. The van der Waals surface area contributed by atoms with Crippen molar-refractivity contribution in [2.45, 2.75) is 18.9 Å². The predicted molar refractivity (Wildman–Crippen MR) is 100.0 cm³/mol. The fourth-order valence-corrected chi connectivity index (χ4v) is 3.38. The molecule has 0 saturated carbocycles. The topological polar surface area (TPSA) is 72.8 Å². The molecule has 1 aromatic heterocycles. The van der Waals surface area contributed by atoms with E-state index in [1.165, 1.54) is 0 Å². The average molecular weight is 342 g/mol. The van der Waals surface area contributed by atoms with E-state index in [2.05, 4.69) is 16.0 Å². The van der Waals surface area contributed by atoms with Crippen LogP contribution in [0.15, 0.2) is 54.6 Å². The number of benzene rings is 2. The van der Waals surface area contributed by atoms with Crippen molar-refractivity contribution in [1.82, 2.24) is 14.9 Å². The van der Waals surface area contributed by atoms with Gasteiger partial charge in [0.2, 0.25) is 5.91 Å². The van der Waals surface area contributed by atoms with E-state index in [0.29, 0.717) is 5.56 Å². The largest absolute Gasteiger partial charge is 0.340 e. The van der Waals surface area contributed by atoms with Crippen LogP contribution in [0.4, 0.5) is 0 Å². The molecule has 0 aliphatic carbocycles. The van der Waals surface area contributed by atoms with Crippen LogP contribution >= 0.6 is 0 Å². The number of fused-ring (bicyclic) bond motifs is 1. The third kappa shape index (κ3) is 3.09. The van der Waals surface area contributed by atoms with Crippen molar-refractivity contribution in [3.05, 3.63) is 71.6 Å². The van der Waals surface area contributed by atoms with Crippen LogP contribution in [0.2, 0.25) is 0 Å². The summed E-state index contributed by atoms with van der Waals surface area (Å²) in [6.45, 7) is 0.734. The maximum Gasteiger partial charge on any atom is 0.247 e. The maximum absolute atomic E-state index is 12.7. The van der Waals surface area contributed by atoms with E-state index < -0.39 is 0 Å². The zero-order chi connectivity index (χ0) is 17.9. The Balaban J connectivity index is 1.52. The van der Waals surface area contributed by atoms with Gasteiger partial charge in [-0.05, 0) is 48.7 Å². The molecule has 2 aromatic carbocycles. The van der Waals surface area contributed by atoms with Crippen LogP contribution in [0.1, 0.15) is 35.8 Å². The lowest BCUT2D eigenvalue weighted by Crippen LogP contribution is -2.29. The lowest BCUT2D eigenvalue weighted by atomic mass is 10.1. The normalized spacial score (nSPS) is 17.0. The van der Waals surface area contributed by atoms with Gasteiger partial charge in [0.15, 0.2) is 0 Å². The van der Waals surface area contributed by atoms with E-state index in [0.717, 1.165) is 41.8 Å². The summed E-state index contributed by atoms with van der Waals surface area (Å²) in [6.07, 6.45) is 5.27. The minimum atomic E-state index is -0.0164. The molecule has 4 rings (SSSR count). The number of aromatic amines is 1. The molecule has 5 nitrogen and oxygen atoms in total. The smallest absolute Gasteiger partial charge is 0.247 e. The van der Waals surface area contributed by atoms with Crippen LogP contribution in [-0.2, 0) is 4.79 Å². The molecule has 1 aliphatic rings. The second-order valence-electron chi connectivity index (χ2n) is 6.40. The molecule has 1 fully saturated rings. The molecule has 1 saturated heterocycles. The number of para-hydroxylation sites is 2. The highest BCUT2D eigenvalue weighted by Crippen LogP contribution is 2.31. The summed E-state index contributed by atoms with van der Waals surface area (Å²) in [7, 11) is 0. The first kappa shape index (κ1) is 16.1. The summed E-state index contributed by atoms with van der Waals surface area (Å²) in [4.78, 5) is 22.6. The molecule has 0 bridgehead atoms. The molecule has 3 aromatic rings. The van der Waals surface area contributed by atoms with Crippen molar-refractivity contribution in [3.63, 3.8) is 0 Å². The molecular formula is C21H18N4O. The van der Waals surface area contributed by atoms with Gasteiger partial charge in [-0.25, -0.2) is 4.98 Å². The highest BCUT2D eigenvalue weighted by molar-refractivity contribution is 5.92. The second-order valence-corrected chi connectivity index (χ2v) is 6.40. The molecule has 0 radical (unpaired) electrons. The van der Waals surface area contributed by atoms with Crippen molar-refractivity contribution in [1.29, 1.82) is 5.26 Å². The van der Waals surface area contributed by atoms with Gasteiger partial charge in [0.1, 0.15) is 5.82 Å². The summed E-state index contributed by atoms with van der Waals surface area (Å²) in [5, 5.41) is 8.84. The van der Waals surface area contributed by atoms with Crippen LogP contribution < -0.4 is 0 Å². The molecule has 1 unspecified atom stereocenters. The number of carbonyl (C=O) groups is 1. The van der Waals surface area contributed by atoms with Crippen LogP contribution in [0.25, 0.3) is 17.1 Å². The Morgan fingerprint density at radius 1 is 1.23 bits per heavy atom. The number of hydrogen-bond acceptors (Lipinski definition) is 3. The van der Waals surface area contributed by atoms with E-state index in [9.17, 15) is 4.79 Å². The number of likely N-dealkylation sites (tertiary alicyclic amines) is 1. The van der Waals surface area contributed by atoms with E-state index in [1.807, 2.05) is 41.3 Å². The van der Waals surface area contributed by atoms with E-state index in [4.69, 9.17) is 5.26 Å². The SMILES string of the molecule is N#Cc1ccc(/C=C/C(=O)N2CCCC2c2nc3ccccc3[nH]2)cc1. The third-order valence-electron chi connectivity index (χ3n) is 4.72. The van der Waals surface area contributed by atoms with Crippen molar-refractivity contribution in [3.8, 4) is 6.07 Å². The number of nitrogens with one attached hydrogen (secondary N) is 1. The van der Waals surface area contributed by atoms with Crippen molar-refractivity contribution in [2.75, 3.05) is 6.54 Å². The van der Waals surface area contributed by atoms with Gasteiger partial charge in [0.25, 0.3) is 0 Å². The van der Waals surface area contributed by atoms with Crippen molar-refractivity contribution >= 4 is 23.0 Å². The quantitative estimate of drug-likeness (QED) is 0.736. The van der Waals surface area contributed by atoms with Crippen LogP contribution in [0.3, 0.4) is 0 Å². The zero-order valence-corrected chi connectivity index (χ0v) is 14.2. The fourth-order valence-electron chi connectivity index (χ4n) is 3.38. The minimum absolute atomic E-state index is 0.0134. The highest BCUT2D eigenvalue weighted by Gasteiger charge is 2.30. The molecule has 1 amide bonds. The Labute approximate surface area is 151 Å². The van der Waals surface area contributed by atoms with Crippen LogP contribution in [0.5, 0.6) is 0 Å². The highest BCUT2D eigenvalue weighted by atomic mass is 16.2. The number of H-pyrrole nitrogens is 1. The Morgan fingerprint density at radius 2 is 2.04 bits per heavy atom. The van der Waals surface area contributed by atoms with Gasteiger partial charge in [-0.15, -0.1) is 0 Å². The van der Waals surface area contributed by atoms with E-state index in [1.54, 1.807) is 24.3 Å². The molecular weight excluding hydrogens is 324 g/mol. The first-order chi connectivity index (χ1) is 12.7. The summed E-state index contributed by atoms with van der Waals surface area (Å²) in [5.74, 6) is 0.834. The lowest BCUT2D eigenvalue weighted by Gasteiger charge is -2.21. The summed E-state index contributed by atoms with van der Waals surface area (Å²) in [5.41, 5.74) is 3.43. The number of nitriles is 1. The molecule has 1 aliphatic heterocycles. The van der Waals surface area contributed by atoms with Gasteiger partial charge in [-0.2, -0.15) is 5.26 Å². The van der Waals surface area contributed by atoms with Gasteiger partial charge in [0, 0.05) is 12.6 Å². The Hall–Kier alpha value is -3.39. The number of hydrogen-bond donors (Lipinski definition) is 1. The van der Waals surface area contributed by atoms with Gasteiger partial charge in [-0.1, -0.05) is 24.3 Å². The molecule has 1 atom stereocenters. The number of amides is 1. The van der Waals surface area contributed by atoms with Gasteiger partial charge >= 0.3 is 0 Å². The van der Waals surface area contributed by atoms with Gasteiger partial charge in [-0.3, -0.25) is 4.79 Å².